The minimum Gasteiger partial charge on any atom is -0.462 e. The van der Waals surface area contributed by atoms with Crippen molar-refractivity contribution in [3.8, 4) is 0 Å². The van der Waals surface area contributed by atoms with Gasteiger partial charge in [0, 0.05) is 24.3 Å². The number of nitrogens with zero attached hydrogens (tertiary/aromatic N) is 3. The molecule has 15 nitrogen and oxygen atoms in total. The standard InChI is InChI=1S/C34H61N5O10S/c1-3-5-7-9-11-13-15-17-28(41)47-21-24(48-29(42)18-16-14-12-10-8-6-4-2)22-50-23-25(35)33(46)36-27-19-39(38-37-27)34-32(45)31(44)30(43)26(20-40)49-34/h19,24-26,30-32,34,40,43-45H,3-18,20-23,35H2,1-2H3,(H,36,46)/t24-,25-,26?,30?,31?,32?,34-/m1/s1. The van der Waals surface area contributed by atoms with E-state index in [-0.39, 0.29) is 42.3 Å². The van der Waals surface area contributed by atoms with E-state index in [1.165, 1.54) is 62.9 Å². The van der Waals surface area contributed by atoms with Crippen LogP contribution in [0.5, 0.6) is 0 Å². The maximum absolute atomic E-state index is 12.8. The molecule has 50 heavy (non-hydrogen) atoms. The molecule has 288 valence electrons. The second-order valence-electron chi connectivity index (χ2n) is 13.0. The highest BCUT2D eigenvalue weighted by molar-refractivity contribution is 7.99. The number of carbonyl (C=O) groups is 3. The van der Waals surface area contributed by atoms with Gasteiger partial charge in [-0.05, 0) is 12.8 Å². The van der Waals surface area contributed by atoms with Gasteiger partial charge in [0.2, 0.25) is 5.91 Å². The number of aromatic nitrogens is 3. The fourth-order valence-electron chi connectivity index (χ4n) is 5.45. The summed E-state index contributed by atoms with van der Waals surface area (Å²) in [4.78, 5) is 37.8. The predicted molar refractivity (Wildman–Crippen MR) is 189 cm³/mol. The van der Waals surface area contributed by atoms with E-state index in [0.717, 1.165) is 49.6 Å². The highest BCUT2D eigenvalue weighted by atomic mass is 32.2. The second kappa shape index (κ2) is 25.6. The van der Waals surface area contributed by atoms with Gasteiger partial charge in [-0.2, -0.15) is 11.8 Å². The zero-order valence-electron chi connectivity index (χ0n) is 29.8. The number of nitrogens with two attached hydrogens (primary N) is 1. The molecule has 1 aliphatic heterocycles. The summed E-state index contributed by atoms with van der Waals surface area (Å²) in [5, 5.41) is 50.0. The Labute approximate surface area is 300 Å². The van der Waals surface area contributed by atoms with Crippen molar-refractivity contribution < 1.29 is 49.0 Å². The van der Waals surface area contributed by atoms with Crippen LogP contribution in [0.15, 0.2) is 6.20 Å². The van der Waals surface area contributed by atoms with Gasteiger partial charge in [0.25, 0.3) is 0 Å². The molecule has 4 unspecified atom stereocenters. The molecule has 1 aliphatic rings. The number of carbonyl (C=O) groups excluding carboxylic acids is 3. The van der Waals surface area contributed by atoms with E-state index in [9.17, 15) is 34.8 Å². The molecule has 0 saturated carbocycles. The van der Waals surface area contributed by atoms with Crippen molar-refractivity contribution >= 4 is 35.4 Å². The van der Waals surface area contributed by atoms with Crippen LogP contribution in [0.25, 0.3) is 0 Å². The van der Waals surface area contributed by atoms with Crippen LogP contribution in [0.2, 0.25) is 0 Å². The van der Waals surface area contributed by atoms with Gasteiger partial charge in [0.05, 0.1) is 18.8 Å². The van der Waals surface area contributed by atoms with E-state index in [1.807, 2.05) is 0 Å². The first-order chi connectivity index (χ1) is 24.1. The van der Waals surface area contributed by atoms with E-state index in [1.54, 1.807) is 0 Å². The quantitative estimate of drug-likeness (QED) is 0.0565. The van der Waals surface area contributed by atoms with Gasteiger partial charge in [-0.25, -0.2) is 4.68 Å². The van der Waals surface area contributed by atoms with Gasteiger partial charge in [-0.15, -0.1) is 5.10 Å². The molecule has 0 aromatic carbocycles. The molecule has 1 fully saturated rings. The van der Waals surface area contributed by atoms with Crippen LogP contribution in [0.3, 0.4) is 0 Å². The summed E-state index contributed by atoms with van der Waals surface area (Å²) in [6.07, 6.45) is 9.17. The fraction of sp³-hybridized carbons (Fsp3) is 0.853. The summed E-state index contributed by atoms with van der Waals surface area (Å²) in [6.45, 7) is 3.67. The highest BCUT2D eigenvalue weighted by Gasteiger charge is 2.44. The third-order valence-electron chi connectivity index (χ3n) is 8.52. The first-order valence-electron chi connectivity index (χ1n) is 18.3. The molecular formula is C34H61N5O10S. The number of anilines is 1. The van der Waals surface area contributed by atoms with Gasteiger partial charge in [0.1, 0.15) is 37.1 Å². The van der Waals surface area contributed by atoms with Crippen molar-refractivity contribution in [3.05, 3.63) is 6.20 Å². The molecule has 1 saturated heterocycles. The number of aliphatic hydroxyl groups is 4. The lowest BCUT2D eigenvalue weighted by Crippen LogP contribution is -2.56. The lowest BCUT2D eigenvalue weighted by molar-refractivity contribution is -0.254. The van der Waals surface area contributed by atoms with Crippen LogP contribution in [0, 0.1) is 0 Å². The highest BCUT2D eigenvalue weighted by Crippen LogP contribution is 2.28. The van der Waals surface area contributed by atoms with Gasteiger partial charge >= 0.3 is 11.9 Å². The third kappa shape index (κ3) is 16.8. The molecule has 0 spiro atoms. The Bertz CT molecular complexity index is 1100. The summed E-state index contributed by atoms with van der Waals surface area (Å²) < 4.78 is 17.7. The molecule has 2 heterocycles. The van der Waals surface area contributed by atoms with E-state index < -0.39 is 55.3 Å². The molecule has 2 rings (SSSR count). The summed E-state index contributed by atoms with van der Waals surface area (Å²) in [5.74, 6) is -0.836. The Hall–Kier alpha value is -2.34. The van der Waals surface area contributed by atoms with Crippen molar-refractivity contribution in [1.82, 2.24) is 15.0 Å². The monoisotopic (exact) mass is 731 g/mol. The van der Waals surface area contributed by atoms with Crippen LogP contribution >= 0.6 is 11.8 Å². The summed E-state index contributed by atoms with van der Waals surface area (Å²) in [5.41, 5.74) is 6.11. The van der Waals surface area contributed by atoms with Crippen molar-refractivity contribution in [2.24, 2.45) is 5.73 Å². The van der Waals surface area contributed by atoms with E-state index in [4.69, 9.17) is 19.9 Å². The molecule has 0 radical (unpaired) electrons. The first kappa shape index (κ1) is 43.8. The lowest BCUT2D eigenvalue weighted by Gasteiger charge is -2.39. The van der Waals surface area contributed by atoms with Crippen molar-refractivity contribution in [3.63, 3.8) is 0 Å². The Balaban J connectivity index is 1.83. The third-order valence-corrected chi connectivity index (χ3v) is 9.73. The van der Waals surface area contributed by atoms with E-state index >= 15 is 0 Å². The first-order valence-corrected chi connectivity index (χ1v) is 19.5. The molecule has 16 heteroatoms. The predicted octanol–water partition coefficient (Wildman–Crippen LogP) is 2.99. The second-order valence-corrected chi connectivity index (χ2v) is 14.0. The van der Waals surface area contributed by atoms with Crippen LogP contribution in [-0.2, 0) is 28.6 Å². The van der Waals surface area contributed by atoms with Crippen LogP contribution in [0.4, 0.5) is 5.82 Å². The van der Waals surface area contributed by atoms with Gasteiger partial charge in [-0.3, -0.25) is 14.4 Å². The SMILES string of the molecule is CCCCCCCCCC(=O)OC[C@H](CSC[C@@H](N)C(=O)Nc1cn([C@@H]2OC(CO)C(O)C(O)C2O)nn1)OC(=O)CCCCCCCCC. The average molecular weight is 732 g/mol. The smallest absolute Gasteiger partial charge is 0.306 e. The number of hydrogen-bond donors (Lipinski definition) is 6. The van der Waals surface area contributed by atoms with Crippen molar-refractivity contribution in [1.29, 1.82) is 0 Å². The van der Waals surface area contributed by atoms with E-state index in [0.29, 0.717) is 6.42 Å². The van der Waals surface area contributed by atoms with Crippen molar-refractivity contribution in [2.45, 2.75) is 159 Å². The molecule has 1 amide bonds. The molecule has 1 aromatic rings. The maximum atomic E-state index is 12.8. The molecule has 7 atom stereocenters. The molecular weight excluding hydrogens is 670 g/mol. The minimum absolute atomic E-state index is 0.00236. The molecule has 0 aliphatic carbocycles. The number of esters is 2. The van der Waals surface area contributed by atoms with Crippen molar-refractivity contribution in [2.75, 3.05) is 30.0 Å². The largest absolute Gasteiger partial charge is 0.462 e. The Morgan fingerprint density at radius 3 is 2.06 bits per heavy atom. The number of nitrogens with one attached hydrogen (secondary N) is 1. The lowest BCUT2D eigenvalue weighted by atomic mass is 9.98. The topological polar surface area (TPSA) is 229 Å². The zero-order valence-corrected chi connectivity index (χ0v) is 30.6. The normalized spacial score (nSPS) is 21.8. The molecule has 7 N–H and O–H groups in total. The van der Waals surface area contributed by atoms with Crippen LogP contribution in [0.1, 0.15) is 123 Å². The summed E-state index contributed by atoms with van der Waals surface area (Å²) >= 11 is 1.28. The number of ether oxygens (including phenoxy) is 3. The average Bonchev–Trinajstić information content (AvgIpc) is 3.56. The maximum Gasteiger partial charge on any atom is 0.306 e. The Kier molecular flexibility index (Phi) is 22.4. The van der Waals surface area contributed by atoms with Gasteiger partial charge in [0.15, 0.2) is 12.0 Å². The van der Waals surface area contributed by atoms with E-state index in [2.05, 4.69) is 29.5 Å². The number of aliphatic hydroxyl groups excluding tert-OH is 4. The number of amides is 1. The fourth-order valence-corrected chi connectivity index (χ4v) is 6.42. The molecule has 1 aromatic heterocycles. The van der Waals surface area contributed by atoms with Crippen LogP contribution in [-0.4, -0.2) is 115 Å². The van der Waals surface area contributed by atoms with Gasteiger partial charge in [-0.1, -0.05) is 96.1 Å². The zero-order chi connectivity index (χ0) is 36.7. The Morgan fingerprint density at radius 1 is 0.880 bits per heavy atom. The number of rotatable bonds is 27. The van der Waals surface area contributed by atoms with Crippen LogP contribution < -0.4 is 11.1 Å². The minimum atomic E-state index is -1.60. The number of hydrogen-bond acceptors (Lipinski definition) is 14. The summed E-state index contributed by atoms with van der Waals surface area (Å²) in [6, 6.07) is -0.985. The number of unbranched alkanes of at least 4 members (excludes halogenated alkanes) is 12. The number of thioether (sulfide) groups is 1. The van der Waals surface area contributed by atoms with Gasteiger partial charge < -0.3 is 45.7 Å². The summed E-state index contributed by atoms with van der Waals surface area (Å²) in [7, 11) is 0. The Morgan fingerprint density at radius 2 is 1.46 bits per heavy atom. The molecule has 0 bridgehead atoms.